The summed E-state index contributed by atoms with van der Waals surface area (Å²) in [6, 6.07) is 1.75. The van der Waals surface area contributed by atoms with Gasteiger partial charge in [0.25, 0.3) is 0 Å². The normalized spacial score (nSPS) is 12.8. The van der Waals surface area contributed by atoms with Crippen LogP contribution in [0.4, 0.5) is 4.39 Å². The van der Waals surface area contributed by atoms with E-state index in [1.807, 2.05) is 14.0 Å². The Hall–Kier alpha value is -1.66. The molecule has 0 saturated carbocycles. The number of halogens is 1. The molecule has 1 atom stereocenters. The van der Waals surface area contributed by atoms with E-state index in [-0.39, 0.29) is 11.9 Å². The number of H-pyrrole nitrogens is 1. The first-order chi connectivity index (χ1) is 9.15. The second kappa shape index (κ2) is 5.99. The monoisotopic (exact) mass is 267 g/mol. The Bertz CT molecular complexity index is 556. The average Bonchev–Trinajstić information content (AvgIpc) is 2.77. The Labute approximate surface area is 111 Å². The van der Waals surface area contributed by atoms with Crippen molar-refractivity contribution in [3.8, 4) is 5.88 Å². The maximum absolute atomic E-state index is 13.5. The minimum atomic E-state index is -0.309. The third-order valence-corrected chi connectivity index (χ3v) is 2.88. The van der Waals surface area contributed by atoms with E-state index in [9.17, 15) is 4.39 Å². The predicted octanol–water partition coefficient (Wildman–Crippen LogP) is 1.84. The maximum Gasteiger partial charge on any atom is 0.219 e. The second-order valence-electron chi connectivity index (χ2n) is 4.37. The number of hydrogen-bond donors (Lipinski definition) is 2. The molecule has 0 amide bonds. The van der Waals surface area contributed by atoms with Crippen molar-refractivity contribution in [1.82, 2.24) is 15.3 Å². The van der Waals surface area contributed by atoms with Gasteiger partial charge in [0, 0.05) is 25.4 Å². The number of methoxy groups -OCH3 is 1. The number of ether oxygens (including phenoxy) is 2. The summed E-state index contributed by atoms with van der Waals surface area (Å²) in [5.74, 6) is 0.185. The molecule has 0 fully saturated rings. The van der Waals surface area contributed by atoms with Crippen molar-refractivity contribution in [2.75, 3.05) is 20.8 Å². The number of fused-ring (bicyclic) bond motifs is 1. The highest BCUT2D eigenvalue weighted by molar-refractivity contribution is 5.77. The summed E-state index contributed by atoms with van der Waals surface area (Å²) < 4.78 is 24.3. The first-order valence-electron chi connectivity index (χ1n) is 6.12. The van der Waals surface area contributed by atoms with E-state index < -0.39 is 0 Å². The van der Waals surface area contributed by atoms with E-state index in [1.165, 1.54) is 6.20 Å². The average molecular weight is 267 g/mol. The van der Waals surface area contributed by atoms with Gasteiger partial charge in [-0.1, -0.05) is 0 Å². The van der Waals surface area contributed by atoms with Gasteiger partial charge in [-0.2, -0.15) is 4.98 Å². The molecule has 2 aromatic rings. The molecule has 0 radical (unpaired) electrons. The summed E-state index contributed by atoms with van der Waals surface area (Å²) in [6.45, 7) is 2.86. The molecule has 0 spiro atoms. The van der Waals surface area contributed by atoms with Crippen molar-refractivity contribution in [3.05, 3.63) is 23.6 Å². The highest BCUT2D eigenvalue weighted by atomic mass is 19.1. The quantitative estimate of drug-likeness (QED) is 0.838. The van der Waals surface area contributed by atoms with Crippen LogP contribution in [0.1, 0.15) is 12.5 Å². The molecule has 0 aliphatic rings. The van der Waals surface area contributed by atoms with E-state index in [4.69, 9.17) is 9.47 Å². The minimum absolute atomic E-state index is 0.0275. The SMILES string of the molecule is CNCc1cc2c(F)c[nH]c2nc1OCC(C)OC. The molecule has 1 unspecified atom stereocenters. The fourth-order valence-electron chi connectivity index (χ4n) is 1.75. The molecule has 104 valence electrons. The summed E-state index contributed by atoms with van der Waals surface area (Å²) in [5, 5.41) is 3.49. The minimum Gasteiger partial charge on any atom is -0.475 e. The smallest absolute Gasteiger partial charge is 0.219 e. The Kier molecular flexibility index (Phi) is 4.34. The Morgan fingerprint density at radius 1 is 1.53 bits per heavy atom. The number of nitrogens with one attached hydrogen (secondary N) is 2. The van der Waals surface area contributed by atoms with Gasteiger partial charge in [0.15, 0.2) is 0 Å². The molecule has 2 rings (SSSR count). The van der Waals surface area contributed by atoms with Crippen LogP contribution >= 0.6 is 0 Å². The molecule has 6 heteroatoms. The zero-order valence-corrected chi connectivity index (χ0v) is 11.3. The number of rotatable bonds is 6. The van der Waals surface area contributed by atoms with Crippen LogP contribution in [0.15, 0.2) is 12.3 Å². The van der Waals surface area contributed by atoms with Gasteiger partial charge < -0.3 is 19.8 Å². The van der Waals surface area contributed by atoms with Crippen LogP contribution in [0, 0.1) is 5.82 Å². The molecule has 0 aliphatic carbocycles. The van der Waals surface area contributed by atoms with Crippen LogP contribution in [0.2, 0.25) is 0 Å². The number of aromatic amines is 1. The van der Waals surface area contributed by atoms with Gasteiger partial charge in [0.2, 0.25) is 5.88 Å². The molecule has 19 heavy (non-hydrogen) atoms. The molecular weight excluding hydrogens is 249 g/mol. The standard InChI is InChI=1S/C13H18FN3O2/c1-8(18-3)7-19-13-9(5-15-2)4-10-11(14)6-16-12(10)17-13/h4,6,8,15H,5,7H2,1-3H3,(H,16,17). The van der Waals surface area contributed by atoms with E-state index in [2.05, 4.69) is 15.3 Å². The van der Waals surface area contributed by atoms with Crippen LogP contribution in [0.25, 0.3) is 11.0 Å². The highest BCUT2D eigenvalue weighted by Crippen LogP contribution is 2.24. The van der Waals surface area contributed by atoms with Gasteiger partial charge in [-0.25, -0.2) is 4.39 Å². The topological polar surface area (TPSA) is 59.2 Å². The number of hydrogen-bond acceptors (Lipinski definition) is 4. The lowest BCUT2D eigenvalue weighted by Crippen LogP contribution is -2.18. The zero-order valence-electron chi connectivity index (χ0n) is 11.3. The lowest BCUT2D eigenvalue weighted by Gasteiger charge is -2.13. The second-order valence-corrected chi connectivity index (χ2v) is 4.37. The zero-order chi connectivity index (χ0) is 13.8. The van der Waals surface area contributed by atoms with Gasteiger partial charge in [0.1, 0.15) is 18.1 Å². The van der Waals surface area contributed by atoms with Gasteiger partial charge in [0.05, 0.1) is 11.5 Å². The first kappa shape index (κ1) is 13.8. The molecule has 0 saturated heterocycles. The maximum atomic E-state index is 13.5. The molecule has 5 nitrogen and oxygen atoms in total. The predicted molar refractivity (Wildman–Crippen MR) is 70.8 cm³/mol. The van der Waals surface area contributed by atoms with Gasteiger partial charge in [-0.05, 0) is 20.0 Å². The van der Waals surface area contributed by atoms with Crippen molar-refractivity contribution in [1.29, 1.82) is 0 Å². The van der Waals surface area contributed by atoms with Gasteiger partial charge >= 0.3 is 0 Å². The molecular formula is C13H18FN3O2. The molecule has 2 heterocycles. The third-order valence-electron chi connectivity index (χ3n) is 2.88. The summed E-state index contributed by atoms with van der Waals surface area (Å²) in [5.41, 5.74) is 1.30. The fourth-order valence-corrected chi connectivity index (χ4v) is 1.75. The fraction of sp³-hybridized carbons (Fsp3) is 0.462. The Morgan fingerprint density at radius 3 is 3.00 bits per heavy atom. The summed E-state index contributed by atoms with van der Waals surface area (Å²) >= 11 is 0. The van der Waals surface area contributed by atoms with Crippen LogP contribution in [-0.2, 0) is 11.3 Å². The van der Waals surface area contributed by atoms with Crippen LogP contribution in [-0.4, -0.2) is 36.8 Å². The summed E-state index contributed by atoms with van der Waals surface area (Å²) in [7, 11) is 3.44. The third kappa shape index (κ3) is 3.02. The van der Waals surface area contributed by atoms with E-state index in [0.717, 1.165) is 5.56 Å². The van der Waals surface area contributed by atoms with Crippen molar-refractivity contribution in [2.24, 2.45) is 0 Å². The lowest BCUT2D eigenvalue weighted by molar-refractivity contribution is 0.0696. The highest BCUT2D eigenvalue weighted by Gasteiger charge is 2.13. The van der Waals surface area contributed by atoms with E-state index in [1.54, 1.807) is 13.2 Å². The largest absolute Gasteiger partial charge is 0.475 e. The molecule has 2 aromatic heterocycles. The van der Waals surface area contributed by atoms with Crippen LogP contribution < -0.4 is 10.1 Å². The Morgan fingerprint density at radius 2 is 2.32 bits per heavy atom. The molecule has 0 aliphatic heterocycles. The lowest BCUT2D eigenvalue weighted by atomic mass is 10.2. The van der Waals surface area contributed by atoms with Gasteiger partial charge in [-0.3, -0.25) is 0 Å². The number of nitrogens with zero attached hydrogens (tertiary/aromatic N) is 1. The summed E-state index contributed by atoms with van der Waals surface area (Å²) in [4.78, 5) is 7.09. The number of aromatic nitrogens is 2. The van der Waals surface area contributed by atoms with Crippen molar-refractivity contribution in [3.63, 3.8) is 0 Å². The molecule has 0 aromatic carbocycles. The summed E-state index contributed by atoms with van der Waals surface area (Å²) in [6.07, 6.45) is 1.27. The number of pyridine rings is 1. The van der Waals surface area contributed by atoms with Gasteiger partial charge in [-0.15, -0.1) is 0 Å². The van der Waals surface area contributed by atoms with Crippen molar-refractivity contribution in [2.45, 2.75) is 19.6 Å². The van der Waals surface area contributed by atoms with Crippen LogP contribution in [0.3, 0.4) is 0 Å². The van der Waals surface area contributed by atoms with Crippen molar-refractivity contribution < 1.29 is 13.9 Å². The molecule has 0 bridgehead atoms. The Balaban J connectivity index is 2.31. The first-order valence-corrected chi connectivity index (χ1v) is 6.12. The van der Waals surface area contributed by atoms with E-state index in [0.29, 0.717) is 30.1 Å². The molecule has 2 N–H and O–H groups in total. The van der Waals surface area contributed by atoms with Crippen molar-refractivity contribution >= 4 is 11.0 Å². The van der Waals surface area contributed by atoms with Crippen LogP contribution in [0.5, 0.6) is 5.88 Å². The van der Waals surface area contributed by atoms with E-state index >= 15 is 0 Å².